The molecule has 1 aliphatic heterocycles. The normalized spacial score (nSPS) is 12.7. The highest BCUT2D eigenvalue weighted by molar-refractivity contribution is 7.16. The van der Waals surface area contributed by atoms with Crippen LogP contribution in [0.4, 0.5) is 10.7 Å². The fraction of sp³-hybridized carbons (Fsp3) is 0.167. The first-order chi connectivity index (χ1) is 15.3. The largest absolute Gasteiger partial charge is 0.462 e. The molecule has 3 amide bonds. The number of rotatable bonds is 5. The number of ether oxygens (including phenoxy) is 1. The fourth-order valence-electron chi connectivity index (χ4n) is 3.52. The summed E-state index contributed by atoms with van der Waals surface area (Å²) in [6, 6.07) is 12.8. The van der Waals surface area contributed by atoms with E-state index in [1.807, 2.05) is 13.8 Å². The number of amides is 3. The lowest BCUT2D eigenvalue weighted by atomic mass is 10.1. The van der Waals surface area contributed by atoms with Gasteiger partial charge >= 0.3 is 5.97 Å². The predicted molar refractivity (Wildman–Crippen MR) is 122 cm³/mol. The lowest BCUT2D eigenvalue weighted by Gasteiger charge is -2.14. The summed E-state index contributed by atoms with van der Waals surface area (Å²) in [7, 11) is 0. The van der Waals surface area contributed by atoms with E-state index in [0.29, 0.717) is 32.9 Å². The molecule has 0 unspecified atom stereocenters. The van der Waals surface area contributed by atoms with E-state index in [1.165, 1.54) is 23.5 Å². The minimum Gasteiger partial charge on any atom is -0.462 e. The van der Waals surface area contributed by atoms with Gasteiger partial charge in [-0.15, -0.1) is 11.3 Å². The number of fused-ring (bicyclic) bond motifs is 1. The third kappa shape index (κ3) is 3.58. The van der Waals surface area contributed by atoms with Crippen molar-refractivity contribution < 1.29 is 23.9 Å². The first-order valence-electron chi connectivity index (χ1n) is 9.99. The highest BCUT2D eigenvalue weighted by Crippen LogP contribution is 2.34. The van der Waals surface area contributed by atoms with Gasteiger partial charge in [-0.05, 0) is 62.7 Å². The Morgan fingerprint density at radius 2 is 1.56 bits per heavy atom. The monoisotopic (exact) mass is 448 g/mol. The summed E-state index contributed by atoms with van der Waals surface area (Å²) >= 11 is 1.30. The molecule has 0 atom stereocenters. The maximum absolute atomic E-state index is 12.8. The van der Waals surface area contributed by atoms with Crippen LogP contribution in [0.5, 0.6) is 0 Å². The second-order valence-electron chi connectivity index (χ2n) is 7.20. The molecule has 0 fully saturated rings. The van der Waals surface area contributed by atoms with Gasteiger partial charge in [0, 0.05) is 10.4 Å². The van der Waals surface area contributed by atoms with Gasteiger partial charge in [0.25, 0.3) is 17.7 Å². The molecule has 1 aliphatic rings. The number of hydrogen-bond donors (Lipinski definition) is 1. The van der Waals surface area contributed by atoms with E-state index >= 15 is 0 Å². The summed E-state index contributed by atoms with van der Waals surface area (Å²) in [5.41, 5.74) is 2.53. The Morgan fingerprint density at radius 1 is 0.969 bits per heavy atom. The van der Waals surface area contributed by atoms with Gasteiger partial charge in [-0.3, -0.25) is 14.4 Å². The van der Waals surface area contributed by atoms with E-state index in [-0.39, 0.29) is 6.61 Å². The third-order valence-corrected chi connectivity index (χ3v) is 6.40. The molecule has 3 aromatic rings. The van der Waals surface area contributed by atoms with Crippen molar-refractivity contribution in [1.82, 2.24) is 0 Å². The molecule has 2 heterocycles. The zero-order chi connectivity index (χ0) is 23.0. The molecule has 0 aliphatic carbocycles. The smallest absolute Gasteiger partial charge is 0.341 e. The molecule has 2 aromatic carbocycles. The van der Waals surface area contributed by atoms with E-state index in [4.69, 9.17) is 4.74 Å². The van der Waals surface area contributed by atoms with Gasteiger partial charge in [-0.25, -0.2) is 9.69 Å². The molecule has 0 saturated heterocycles. The van der Waals surface area contributed by atoms with Crippen LogP contribution in [-0.4, -0.2) is 30.3 Å². The molecule has 0 bridgehead atoms. The first-order valence-corrected chi connectivity index (χ1v) is 10.8. The second-order valence-corrected chi connectivity index (χ2v) is 8.42. The van der Waals surface area contributed by atoms with Gasteiger partial charge in [0.1, 0.15) is 5.00 Å². The Bertz CT molecular complexity index is 1220. The SMILES string of the molecule is CCOC(=O)c1c(NC(=O)c2ccc(N3C(=O)c4ccccc4C3=O)cc2)sc(C)c1C. The third-order valence-electron chi connectivity index (χ3n) is 5.27. The number of benzene rings is 2. The molecule has 1 aromatic heterocycles. The fourth-order valence-corrected chi connectivity index (χ4v) is 4.57. The minimum absolute atomic E-state index is 0.236. The van der Waals surface area contributed by atoms with Gasteiger partial charge in [0.15, 0.2) is 0 Å². The Hall–Kier alpha value is -3.78. The van der Waals surface area contributed by atoms with E-state index in [1.54, 1.807) is 43.3 Å². The van der Waals surface area contributed by atoms with Gasteiger partial charge in [0.2, 0.25) is 0 Å². The van der Waals surface area contributed by atoms with Crippen molar-refractivity contribution in [2.24, 2.45) is 0 Å². The molecule has 0 radical (unpaired) electrons. The van der Waals surface area contributed by atoms with Crippen LogP contribution in [0.1, 0.15) is 58.8 Å². The number of anilines is 2. The highest BCUT2D eigenvalue weighted by Gasteiger charge is 2.36. The number of hydrogen-bond acceptors (Lipinski definition) is 6. The van der Waals surface area contributed by atoms with Gasteiger partial charge in [-0.1, -0.05) is 12.1 Å². The van der Waals surface area contributed by atoms with Crippen molar-refractivity contribution in [2.75, 3.05) is 16.8 Å². The lowest BCUT2D eigenvalue weighted by molar-refractivity contribution is 0.0527. The number of carbonyl (C=O) groups excluding carboxylic acids is 4. The number of nitrogens with one attached hydrogen (secondary N) is 1. The van der Waals surface area contributed by atoms with Crippen LogP contribution < -0.4 is 10.2 Å². The van der Waals surface area contributed by atoms with Gasteiger partial charge in [-0.2, -0.15) is 0 Å². The van der Waals surface area contributed by atoms with Crippen LogP contribution in [0.3, 0.4) is 0 Å². The van der Waals surface area contributed by atoms with E-state index < -0.39 is 23.7 Å². The van der Waals surface area contributed by atoms with Crippen LogP contribution in [0.25, 0.3) is 0 Å². The van der Waals surface area contributed by atoms with Crippen molar-refractivity contribution >= 4 is 45.7 Å². The molecule has 32 heavy (non-hydrogen) atoms. The van der Waals surface area contributed by atoms with Crippen molar-refractivity contribution in [3.63, 3.8) is 0 Å². The number of aryl methyl sites for hydroxylation is 1. The molecule has 7 nitrogen and oxygen atoms in total. The number of nitrogens with zero attached hydrogens (tertiary/aromatic N) is 1. The number of thiophene rings is 1. The number of esters is 1. The topological polar surface area (TPSA) is 92.8 Å². The lowest BCUT2D eigenvalue weighted by Crippen LogP contribution is -2.29. The van der Waals surface area contributed by atoms with E-state index in [9.17, 15) is 19.2 Å². The Labute approximate surface area is 188 Å². The Morgan fingerprint density at radius 3 is 2.12 bits per heavy atom. The van der Waals surface area contributed by atoms with Gasteiger partial charge < -0.3 is 10.1 Å². The van der Waals surface area contributed by atoms with Crippen molar-refractivity contribution in [1.29, 1.82) is 0 Å². The van der Waals surface area contributed by atoms with Crippen molar-refractivity contribution in [3.8, 4) is 0 Å². The van der Waals surface area contributed by atoms with Gasteiger partial charge in [0.05, 0.1) is 29.0 Å². The molecule has 162 valence electrons. The minimum atomic E-state index is -0.481. The Kier molecular flexibility index (Phi) is 5.63. The zero-order valence-electron chi connectivity index (χ0n) is 17.7. The number of carbonyl (C=O) groups is 4. The summed E-state index contributed by atoms with van der Waals surface area (Å²) in [5.74, 6) is -1.69. The van der Waals surface area contributed by atoms with E-state index in [2.05, 4.69) is 5.32 Å². The average molecular weight is 449 g/mol. The van der Waals surface area contributed by atoms with Crippen LogP contribution in [-0.2, 0) is 4.74 Å². The second kappa shape index (κ2) is 8.39. The van der Waals surface area contributed by atoms with Crippen molar-refractivity contribution in [2.45, 2.75) is 20.8 Å². The molecule has 0 saturated carbocycles. The Balaban J connectivity index is 1.56. The van der Waals surface area contributed by atoms with Crippen LogP contribution in [0, 0.1) is 13.8 Å². The average Bonchev–Trinajstić information content (AvgIpc) is 3.21. The molecule has 8 heteroatoms. The zero-order valence-corrected chi connectivity index (χ0v) is 18.5. The summed E-state index contributed by atoms with van der Waals surface area (Å²) in [5, 5.41) is 3.20. The molecule has 4 rings (SSSR count). The molecular formula is C24H20N2O5S. The van der Waals surface area contributed by atoms with Crippen LogP contribution in [0.15, 0.2) is 48.5 Å². The highest BCUT2D eigenvalue weighted by atomic mass is 32.1. The molecule has 0 spiro atoms. The first kappa shape index (κ1) is 21.5. The standard InChI is InChI=1S/C24H20N2O5S/c1-4-31-24(30)19-13(2)14(3)32-21(19)25-20(27)15-9-11-16(12-10-15)26-22(28)17-7-5-6-8-18(17)23(26)29/h5-12H,4H2,1-3H3,(H,25,27). The summed E-state index contributed by atoms with van der Waals surface area (Å²) in [6.45, 7) is 5.64. The van der Waals surface area contributed by atoms with E-state index in [0.717, 1.165) is 15.3 Å². The maximum Gasteiger partial charge on any atom is 0.341 e. The summed E-state index contributed by atoms with van der Waals surface area (Å²) < 4.78 is 5.12. The molecular weight excluding hydrogens is 428 g/mol. The summed E-state index contributed by atoms with van der Waals surface area (Å²) in [4.78, 5) is 52.4. The summed E-state index contributed by atoms with van der Waals surface area (Å²) in [6.07, 6.45) is 0. The van der Waals surface area contributed by atoms with Crippen molar-refractivity contribution in [3.05, 3.63) is 81.2 Å². The van der Waals surface area contributed by atoms with Crippen LogP contribution in [0.2, 0.25) is 0 Å². The number of imide groups is 1. The molecule has 1 N–H and O–H groups in total. The predicted octanol–water partition coefficient (Wildman–Crippen LogP) is 4.59. The maximum atomic E-state index is 12.8. The quantitative estimate of drug-likeness (QED) is 0.455. The van der Waals surface area contributed by atoms with Crippen LogP contribution >= 0.6 is 11.3 Å².